The van der Waals surface area contributed by atoms with Crippen LogP contribution < -0.4 is 19.3 Å². The molecule has 4 aromatic carbocycles. The number of ether oxygens (including phenoxy) is 2. The molecule has 0 spiro atoms. The number of anilines is 2. The van der Waals surface area contributed by atoms with E-state index in [9.17, 15) is 28.8 Å². The third-order valence-corrected chi connectivity index (χ3v) is 17.7. The highest BCUT2D eigenvalue weighted by atomic mass is 32.1. The number of esters is 2. The first-order valence-corrected chi connectivity index (χ1v) is 26.9. The molecule has 6 aromatic rings. The van der Waals surface area contributed by atoms with E-state index in [1.54, 1.807) is 60.7 Å². The van der Waals surface area contributed by atoms with Gasteiger partial charge in [0, 0.05) is 9.75 Å². The van der Waals surface area contributed by atoms with Crippen LogP contribution in [0.2, 0.25) is 0 Å². The number of amides is 4. The summed E-state index contributed by atoms with van der Waals surface area (Å²) in [6.45, 7) is 16.0. The Morgan fingerprint density at radius 1 is 0.520 bits per heavy atom. The van der Waals surface area contributed by atoms with E-state index in [1.807, 2.05) is 111 Å². The molecule has 2 saturated carbocycles. The summed E-state index contributed by atoms with van der Waals surface area (Å²) in [5.41, 5.74) is 6.99. The number of imide groups is 2. The van der Waals surface area contributed by atoms with Gasteiger partial charge in [0.1, 0.15) is 21.3 Å². The van der Waals surface area contributed by atoms with Crippen LogP contribution in [0, 0.1) is 74.3 Å². The molecule has 10 nitrogen and oxygen atoms in total. The van der Waals surface area contributed by atoms with Crippen LogP contribution in [0.25, 0.3) is 23.3 Å². The number of aryl methyl sites for hydroxylation is 2. The van der Waals surface area contributed by atoms with Crippen LogP contribution in [0.4, 0.5) is 11.4 Å². The number of allylic oxidation sites excluding steroid dienone is 6. The van der Waals surface area contributed by atoms with Crippen molar-refractivity contribution in [2.75, 3.05) is 9.80 Å². The number of hydrogen-bond acceptors (Lipinski definition) is 10. The SMILES string of the molecule is [CH]=CC1CC(C=Cc2ccccc2)C2C(=O)N(c3ccc(OC(=O)c4cc(C5=C(c6cc(C(=O)Oc7ccc(N8C(=O)C9C(C=[CH])CC(/C=C/c%10ccccc%10)C9C8=O)cc7)sc6C)CCC5)c(C)s4)cc3)C(=O)C12. The zero-order valence-corrected chi connectivity index (χ0v) is 42.9. The lowest BCUT2D eigenvalue weighted by Crippen LogP contribution is -2.33. The van der Waals surface area contributed by atoms with Crippen LogP contribution in [0.1, 0.15) is 83.5 Å². The van der Waals surface area contributed by atoms with E-state index >= 15 is 0 Å². The summed E-state index contributed by atoms with van der Waals surface area (Å²) in [5.74, 6) is -4.48. The molecule has 374 valence electrons. The number of fused-ring (bicyclic) bond motifs is 2. The molecule has 11 rings (SSSR count). The molecule has 4 heterocycles. The van der Waals surface area contributed by atoms with Crippen molar-refractivity contribution in [3.05, 3.63) is 201 Å². The van der Waals surface area contributed by atoms with Crippen LogP contribution in [-0.2, 0) is 19.2 Å². The first kappa shape index (κ1) is 49.4. The van der Waals surface area contributed by atoms with Crippen LogP contribution in [-0.4, -0.2) is 35.6 Å². The van der Waals surface area contributed by atoms with Crippen molar-refractivity contribution in [1.29, 1.82) is 0 Å². The zero-order chi connectivity index (χ0) is 52.1. The first-order chi connectivity index (χ1) is 36.4. The van der Waals surface area contributed by atoms with Crippen molar-refractivity contribution in [3.63, 3.8) is 0 Å². The lowest BCUT2D eigenvalue weighted by atomic mass is 9.89. The number of carbonyl (C=O) groups excluding carboxylic acids is 6. The first-order valence-electron chi connectivity index (χ1n) is 25.3. The molecule has 2 radical (unpaired) electrons. The van der Waals surface area contributed by atoms with Gasteiger partial charge in [0.2, 0.25) is 23.6 Å². The van der Waals surface area contributed by atoms with E-state index in [-0.39, 0.29) is 58.8 Å². The highest BCUT2D eigenvalue weighted by Crippen LogP contribution is 2.52. The standard InChI is InChI=1S/C63H52N2O8S2/c1-5-40-32-42(22-20-38-14-9-7-10-15-38)56-54(40)58(66)64(60(56)68)44-24-28-46(29-25-44)72-62(70)52-34-50(36(3)74-52)48-18-13-19-49(48)51-35-53(75-37(51)4)63(71)73-47-30-26-45(27-31-47)65-59(67)55-41(6-2)33-43(57(55)61(65)69)23-21-39-16-11-8-12-17-39/h1-2,5-12,14-17,20-31,34-35,40-43,54-57H,13,18-19,32-33H2,3-4H3/b5-1?,6-2?,22-20+,23-21?. The van der Waals surface area contributed by atoms with Gasteiger partial charge < -0.3 is 9.47 Å². The summed E-state index contributed by atoms with van der Waals surface area (Å²) in [5, 5.41) is 0. The lowest BCUT2D eigenvalue weighted by molar-refractivity contribution is -0.124. The quantitative estimate of drug-likeness (QED) is 0.0599. The predicted molar refractivity (Wildman–Crippen MR) is 292 cm³/mol. The number of hydrogen-bond donors (Lipinski definition) is 0. The normalized spacial score (nSPS) is 24.2. The molecule has 0 bridgehead atoms. The average molecular weight is 1030 g/mol. The largest absolute Gasteiger partial charge is 0.422 e. The lowest BCUT2D eigenvalue weighted by Gasteiger charge is -2.19. The summed E-state index contributed by atoms with van der Waals surface area (Å²) in [7, 11) is 0. The molecular weight excluding hydrogens is 977 g/mol. The van der Waals surface area contributed by atoms with Gasteiger partial charge in [0.15, 0.2) is 0 Å². The molecule has 8 unspecified atom stereocenters. The van der Waals surface area contributed by atoms with Crippen molar-refractivity contribution in [3.8, 4) is 11.5 Å². The van der Waals surface area contributed by atoms with E-state index in [4.69, 9.17) is 22.6 Å². The van der Waals surface area contributed by atoms with Gasteiger partial charge in [-0.2, -0.15) is 0 Å². The molecule has 0 N–H and O–H groups in total. The van der Waals surface area contributed by atoms with Crippen molar-refractivity contribution in [2.24, 2.45) is 47.3 Å². The van der Waals surface area contributed by atoms with E-state index < -0.39 is 35.6 Å². The number of nitrogens with zero attached hydrogens (tertiary/aromatic N) is 2. The maximum Gasteiger partial charge on any atom is 0.353 e. The topological polar surface area (TPSA) is 127 Å². The van der Waals surface area contributed by atoms with Gasteiger partial charge in [-0.1, -0.05) is 110 Å². The van der Waals surface area contributed by atoms with Crippen LogP contribution in [0.3, 0.4) is 0 Å². The fraction of sp³-hybridized carbons (Fsp3) is 0.238. The summed E-state index contributed by atoms with van der Waals surface area (Å²) in [6.07, 6.45) is 14.8. The van der Waals surface area contributed by atoms with Crippen LogP contribution in [0.5, 0.6) is 11.5 Å². The van der Waals surface area contributed by atoms with Crippen molar-refractivity contribution in [2.45, 2.75) is 46.0 Å². The summed E-state index contributed by atoms with van der Waals surface area (Å²) in [6, 6.07) is 36.3. The Bertz CT molecular complexity index is 3160. The van der Waals surface area contributed by atoms with Crippen LogP contribution in [0.15, 0.2) is 146 Å². The molecule has 4 fully saturated rings. The smallest absolute Gasteiger partial charge is 0.353 e. The number of thiophene rings is 2. The van der Waals surface area contributed by atoms with Gasteiger partial charge in [-0.15, -0.1) is 22.7 Å². The molecule has 2 saturated heterocycles. The third-order valence-electron chi connectivity index (χ3n) is 15.6. The molecule has 75 heavy (non-hydrogen) atoms. The molecule has 2 aliphatic heterocycles. The molecule has 8 atom stereocenters. The summed E-state index contributed by atoms with van der Waals surface area (Å²) >= 11 is 2.70. The van der Waals surface area contributed by atoms with Gasteiger partial charge in [-0.25, -0.2) is 9.59 Å². The Hall–Kier alpha value is -7.80. The van der Waals surface area contributed by atoms with E-state index in [2.05, 4.69) is 0 Å². The second-order valence-corrected chi connectivity index (χ2v) is 22.4. The van der Waals surface area contributed by atoms with E-state index in [1.165, 1.54) is 32.5 Å². The fourth-order valence-electron chi connectivity index (χ4n) is 12.1. The summed E-state index contributed by atoms with van der Waals surface area (Å²) in [4.78, 5) is 88.1. The Morgan fingerprint density at radius 3 is 1.24 bits per heavy atom. The molecular formula is C63H52N2O8S2. The van der Waals surface area contributed by atoms with E-state index in [0.29, 0.717) is 34.0 Å². The zero-order valence-electron chi connectivity index (χ0n) is 41.3. The molecule has 2 aromatic heterocycles. The second-order valence-electron chi connectivity index (χ2n) is 19.9. The van der Waals surface area contributed by atoms with Crippen molar-refractivity contribution >= 4 is 92.9 Å². The molecule has 12 heteroatoms. The minimum absolute atomic E-state index is 0.149. The third kappa shape index (κ3) is 9.20. The van der Waals surface area contributed by atoms with Gasteiger partial charge in [0.25, 0.3) is 0 Å². The number of rotatable bonds is 14. The highest BCUT2D eigenvalue weighted by Gasteiger charge is 2.59. The molecule has 5 aliphatic rings. The Balaban J connectivity index is 0.739. The molecule has 3 aliphatic carbocycles. The number of benzene rings is 4. The minimum Gasteiger partial charge on any atom is -0.422 e. The predicted octanol–water partition coefficient (Wildman–Crippen LogP) is 12.8. The van der Waals surface area contributed by atoms with Crippen LogP contribution >= 0.6 is 22.7 Å². The van der Waals surface area contributed by atoms with Gasteiger partial charge in [-0.3, -0.25) is 29.0 Å². The molecule has 4 amide bonds. The fourth-order valence-corrected chi connectivity index (χ4v) is 13.9. The second kappa shape index (κ2) is 20.5. The van der Waals surface area contributed by atoms with Gasteiger partial charge in [0.05, 0.1) is 35.0 Å². The monoisotopic (exact) mass is 1030 g/mol. The minimum atomic E-state index is -0.547. The Kier molecular flexibility index (Phi) is 13.5. The number of carbonyl (C=O) groups is 6. The van der Waals surface area contributed by atoms with Crippen molar-refractivity contribution < 1.29 is 38.2 Å². The van der Waals surface area contributed by atoms with Crippen molar-refractivity contribution in [1.82, 2.24) is 0 Å². The Labute approximate surface area is 444 Å². The maximum absolute atomic E-state index is 13.9. The Morgan fingerprint density at radius 2 is 0.880 bits per heavy atom. The summed E-state index contributed by atoms with van der Waals surface area (Å²) < 4.78 is 11.7. The average Bonchev–Trinajstić information content (AvgIpc) is 4.33. The van der Waals surface area contributed by atoms with E-state index in [0.717, 1.165) is 62.4 Å². The van der Waals surface area contributed by atoms with Gasteiger partial charge in [-0.05, 0) is 164 Å². The van der Waals surface area contributed by atoms with Gasteiger partial charge >= 0.3 is 11.9 Å². The maximum atomic E-state index is 13.9. The highest BCUT2D eigenvalue weighted by molar-refractivity contribution is 7.14.